The van der Waals surface area contributed by atoms with Gasteiger partial charge in [-0.1, -0.05) is 11.6 Å². The number of H-pyrrole nitrogens is 1. The van der Waals surface area contributed by atoms with Crippen LogP contribution in [0.1, 0.15) is 30.4 Å². The topological polar surface area (TPSA) is 168 Å². The van der Waals surface area contributed by atoms with E-state index in [2.05, 4.69) is 15.0 Å². The van der Waals surface area contributed by atoms with Crippen molar-refractivity contribution in [1.82, 2.24) is 19.9 Å². The Kier molecular flexibility index (Phi) is 6.07. The van der Waals surface area contributed by atoms with Crippen LogP contribution < -0.4 is 10.6 Å². The first-order chi connectivity index (χ1) is 17.6. The SMILES string of the molecule is NC(=O)Cc1ccc(-c2cnc(C3CCC4C(=O)N(c5cc(Cl)ccc5[N+](=O)[O-])CC(=O)N43)[nH]2)c(F)n1. The van der Waals surface area contributed by atoms with Crippen LogP contribution in [0.3, 0.4) is 0 Å². The largest absolute Gasteiger partial charge is 0.369 e. The predicted molar refractivity (Wildman–Crippen MR) is 128 cm³/mol. The first kappa shape index (κ1) is 24.3. The molecule has 2 saturated heterocycles. The second-order valence-electron chi connectivity index (χ2n) is 8.69. The Morgan fingerprint density at radius 3 is 2.70 bits per heavy atom. The number of nitrogens with one attached hydrogen (secondary N) is 1. The van der Waals surface area contributed by atoms with Crippen molar-refractivity contribution in [2.24, 2.45) is 5.73 Å². The van der Waals surface area contributed by atoms with Crippen LogP contribution in [-0.4, -0.2) is 55.1 Å². The molecule has 12 nitrogen and oxygen atoms in total. The van der Waals surface area contributed by atoms with Crippen LogP contribution in [0, 0.1) is 16.1 Å². The number of nitrogens with zero attached hydrogens (tertiary/aromatic N) is 5. The molecule has 0 spiro atoms. The molecule has 14 heteroatoms. The number of aromatic nitrogens is 3. The van der Waals surface area contributed by atoms with Gasteiger partial charge in [-0.25, -0.2) is 9.97 Å². The van der Waals surface area contributed by atoms with Crippen molar-refractivity contribution in [2.75, 3.05) is 11.4 Å². The van der Waals surface area contributed by atoms with E-state index in [-0.39, 0.29) is 34.1 Å². The number of piperazine rings is 1. The lowest BCUT2D eigenvalue weighted by atomic mass is 10.1. The minimum Gasteiger partial charge on any atom is -0.369 e. The summed E-state index contributed by atoms with van der Waals surface area (Å²) in [5.41, 5.74) is 5.36. The van der Waals surface area contributed by atoms with Gasteiger partial charge in [-0.3, -0.25) is 29.4 Å². The molecular formula is C23H19ClFN7O5. The van der Waals surface area contributed by atoms with Gasteiger partial charge in [0.05, 0.1) is 40.5 Å². The Balaban J connectivity index is 1.40. The molecule has 37 heavy (non-hydrogen) atoms. The van der Waals surface area contributed by atoms with Gasteiger partial charge < -0.3 is 15.6 Å². The number of rotatable bonds is 6. The number of nitro benzene ring substituents is 1. The van der Waals surface area contributed by atoms with Gasteiger partial charge in [-0.05, 0) is 37.1 Å². The third-order valence-electron chi connectivity index (χ3n) is 6.41. The van der Waals surface area contributed by atoms with Crippen LogP contribution in [-0.2, 0) is 20.8 Å². The van der Waals surface area contributed by atoms with E-state index in [1.807, 2.05) is 0 Å². The summed E-state index contributed by atoms with van der Waals surface area (Å²) in [6.07, 6.45) is 1.91. The van der Waals surface area contributed by atoms with Gasteiger partial charge in [0.15, 0.2) is 0 Å². The quantitative estimate of drug-likeness (QED) is 0.281. The number of hydrogen-bond acceptors (Lipinski definition) is 7. The highest BCUT2D eigenvalue weighted by atomic mass is 35.5. The molecule has 3 aromatic rings. The molecule has 2 aromatic heterocycles. The van der Waals surface area contributed by atoms with Gasteiger partial charge in [0.25, 0.3) is 5.69 Å². The van der Waals surface area contributed by atoms with Crippen LogP contribution in [0.5, 0.6) is 0 Å². The highest BCUT2D eigenvalue weighted by Crippen LogP contribution is 2.41. The molecule has 5 rings (SSSR count). The number of carbonyl (C=O) groups excluding carboxylic acids is 3. The van der Waals surface area contributed by atoms with E-state index >= 15 is 0 Å². The Morgan fingerprint density at radius 2 is 2.00 bits per heavy atom. The number of primary amides is 1. The van der Waals surface area contributed by atoms with Gasteiger partial charge in [-0.2, -0.15) is 4.39 Å². The van der Waals surface area contributed by atoms with Gasteiger partial charge in [0, 0.05) is 11.1 Å². The number of anilines is 1. The first-order valence-corrected chi connectivity index (χ1v) is 11.6. The van der Waals surface area contributed by atoms with E-state index in [1.54, 1.807) is 0 Å². The maximum atomic E-state index is 14.6. The highest BCUT2D eigenvalue weighted by Gasteiger charge is 2.49. The van der Waals surface area contributed by atoms with Gasteiger partial charge >= 0.3 is 0 Å². The number of aromatic amines is 1. The van der Waals surface area contributed by atoms with E-state index in [4.69, 9.17) is 17.3 Å². The fourth-order valence-electron chi connectivity index (χ4n) is 4.81. The number of amides is 3. The molecule has 2 atom stereocenters. The van der Waals surface area contributed by atoms with Crippen molar-refractivity contribution < 1.29 is 23.7 Å². The fourth-order valence-corrected chi connectivity index (χ4v) is 4.97. The van der Waals surface area contributed by atoms with Crippen LogP contribution in [0.25, 0.3) is 11.3 Å². The van der Waals surface area contributed by atoms with E-state index < -0.39 is 47.2 Å². The normalized spacial score (nSPS) is 19.3. The molecule has 3 N–H and O–H groups in total. The molecule has 4 heterocycles. The summed E-state index contributed by atoms with van der Waals surface area (Å²) < 4.78 is 14.6. The number of imidazole rings is 1. The number of fused-ring (bicyclic) bond motifs is 1. The van der Waals surface area contributed by atoms with Crippen LogP contribution in [0.2, 0.25) is 5.02 Å². The van der Waals surface area contributed by atoms with E-state index in [0.29, 0.717) is 24.4 Å². The molecule has 1 aromatic carbocycles. The Labute approximate surface area is 213 Å². The third kappa shape index (κ3) is 4.37. The molecule has 2 fully saturated rings. The average Bonchev–Trinajstić information content (AvgIpc) is 3.49. The molecule has 2 aliphatic heterocycles. The standard InChI is InChI=1S/C23H19ClFN7O5/c24-11-1-4-15(32(36)37)18(7-11)30-10-20(34)31-16(5-6-17(31)23(30)35)22-27-9-14(29-22)13-3-2-12(8-19(26)33)28-21(13)25/h1-4,7,9,16-17H,5-6,8,10H2,(H2,26,33)(H,27,29). The number of carbonyl (C=O) groups is 3. The summed E-state index contributed by atoms with van der Waals surface area (Å²) in [5, 5.41) is 11.7. The second kappa shape index (κ2) is 9.24. The molecule has 0 bridgehead atoms. The van der Waals surface area contributed by atoms with Crippen LogP contribution in [0.15, 0.2) is 36.5 Å². The summed E-state index contributed by atoms with van der Waals surface area (Å²) in [7, 11) is 0. The monoisotopic (exact) mass is 527 g/mol. The minimum atomic E-state index is -0.843. The third-order valence-corrected chi connectivity index (χ3v) is 6.64. The minimum absolute atomic E-state index is 0.0398. The Hall–Kier alpha value is -4.39. The second-order valence-corrected chi connectivity index (χ2v) is 9.13. The number of hydrogen-bond donors (Lipinski definition) is 2. The zero-order valence-corrected chi connectivity index (χ0v) is 19.8. The van der Waals surface area contributed by atoms with Crippen LogP contribution >= 0.6 is 11.6 Å². The summed E-state index contributed by atoms with van der Waals surface area (Å²) in [5.74, 6) is -1.96. The Morgan fingerprint density at radius 1 is 1.24 bits per heavy atom. The predicted octanol–water partition coefficient (Wildman–Crippen LogP) is 2.28. The summed E-state index contributed by atoms with van der Waals surface area (Å²) in [4.78, 5) is 62.1. The summed E-state index contributed by atoms with van der Waals surface area (Å²) >= 11 is 6.01. The molecule has 0 aliphatic carbocycles. The van der Waals surface area contributed by atoms with Crippen molar-refractivity contribution in [2.45, 2.75) is 31.3 Å². The lowest BCUT2D eigenvalue weighted by Gasteiger charge is -2.38. The van der Waals surface area contributed by atoms with E-state index in [1.165, 1.54) is 41.4 Å². The van der Waals surface area contributed by atoms with Gasteiger partial charge in [0.1, 0.15) is 24.1 Å². The summed E-state index contributed by atoms with van der Waals surface area (Å²) in [6.45, 7) is -0.402. The molecule has 2 unspecified atom stereocenters. The van der Waals surface area contributed by atoms with Crippen molar-refractivity contribution >= 4 is 40.7 Å². The number of pyridine rings is 1. The van der Waals surface area contributed by atoms with Gasteiger partial charge in [-0.15, -0.1) is 0 Å². The van der Waals surface area contributed by atoms with Gasteiger partial charge in [0.2, 0.25) is 23.7 Å². The van der Waals surface area contributed by atoms with Crippen molar-refractivity contribution in [3.63, 3.8) is 0 Å². The average molecular weight is 528 g/mol. The number of benzene rings is 1. The number of halogens is 2. The lowest BCUT2D eigenvalue weighted by molar-refractivity contribution is -0.384. The molecule has 0 saturated carbocycles. The van der Waals surface area contributed by atoms with E-state index in [0.717, 1.165) is 4.90 Å². The summed E-state index contributed by atoms with van der Waals surface area (Å²) in [6, 6.07) is 5.34. The van der Waals surface area contributed by atoms with Crippen molar-refractivity contribution in [3.05, 3.63) is 69.1 Å². The molecule has 3 amide bonds. The maximum absolute atomic E-state index is 14.6. The van der Waals surface area contributed by atoms with Crippen molar-refractivity contribution in [3.8, 4) is 11.3 Å². The fraction of sp³-hybridized carbons (Fsp3) is 0.261. The zero-order chi connectivity index (χ0) is 26.4. The molecule has 190 valence electrons. The molecule has 2 aliphatic rings. The van der Waals surface area contributed by atoms with E-state index in [9.17, 15) is 28.9 Å². The zero-order valence-electron chi connectivity index (χ0n) is 19.1. The highest BCUT2D eigenvalue weighted by molar-refractivity contribution is 6.31. The maximum Gasteiger partial charge on any atom is 0.293 e. The lowest BCUT2D eigenvalue weighted by Crippen LogP contribution is -2.58. The van der Waals surface area contributed by atoms with Crippen LogP contribution in [0.4, 0.5) is 15.8 Å². The Bertz CT molecular complexity index is 1460. The molecular weight excluding hydrogens is 509 g/mol. The van der Waals surface area contributed by atoms with Crippen molar-refractivity contribution in [1.29, 1.82) is 0 Å². The first-order valence-electron chi connectivity index (χ1n) is 11.2. The number of nitro groups is 1. The molecule has 0 radical (unpaired) electrons. The smallest absolute Gasteiger partial charge is 0.293 e. The number of nitrogens with two attached hydrogens (primary N) is 1.